The fourth-order valence-corrected chi connectivity index (χ4v) is 3.27. The molecule has 7 heteroatoms. The lowest BCUT2D eigenvalue weighted by atomic mass is 9.97. The van der Waals surface area contributed by atoms with Crippen LogP contribution in [0.5, 0.6) is 0 Å². The number of carbonyl (C=O) groups excluding carboxylic acids is 3. The van der Waals surface area contributed by atoms with Gasteiger partial charge in [0.15, 0.2) is 6.10 Å². The Labute approximate surface area is 180 Å². The molecular formula is C24H25FN2O4. The van der Waals surface area contributed by atoms with E-state index in [1.807, 2.05) is 30.3 Å². The van der Waals surface area contributed by atoms with Crippen LogP contribution in [0.4, 0.5) is 10.1 Å². The van der Waals surface area contributed by atoms with E-state index in [1.54, 1.807) is 11.0 Å². The molecule has 0 radical (unpaired) electrons. The highest BCUT2D eigenvalue weighted by Gasteiger charge is 2.30. The molecule has 6 nitrogen and oxygen atoms in total. The predicted octanol–water partition coefficient (Wildman–Crippen LogP) is 3.65. The summed E-state index contributed by atoms with van der Waals surface area (Å²) >= 11 is 0. The van der Waals surface area contributed by atoms with Crippen molar-refractivity contribution in [3.8, 4) is 0 Å². The Morgan fingerprint density at radius 3 is 2.35 bits per heavy atom. The third-order valence-electron chi connectivity index (χ3n) is 5.13. The molecule has 0 aliphatic carbocycles. The number of rotatable bonds is 6. The summed E-state index contributed by atoms with van der Waals surface area (Å²) in [4.78, 5) is 38.7. The van der Waals surface area contributed by atoms with Crippen LogP contribution in [0, 0.1) is 11.7 Å². The third-order valence-corrected chi connectivity index (χ3v) is 5.13. The van der Waals surface area contributed by atoms with Crippen LogP contribution >= 0.6 is 0 Å². The number of nitrogens with zero attached hydrogens (tertiary/aromatic N) is 1. The Balaban J connectivity index is 1.44. The molecule has 1 atom stereocenters. The van der Waals surface area contributed by atoms with Crippen molar-refractivity contribution in [1.82, 2.24) is 4.90 Å². The van der Waals surface area contributed by atoms with Gasteiger partial charge in [-0.3, -0.25) is 14.4 Å². The molecule has 162 valence electrons. The molecule has 1 fully saturated rings. The maximum atomic E-state index is 12.9. The number of esters is 1. The number of carbonyl (C=O) groups is 3. The third kappa shape index (κ3) is 6.50. The fourth-order valence-electron chi connectivity index (χ4n) is 3.27. The van der Waals surface area contributed by atoms with Crippen LogP contribution in [0.3, 0.4) is 0 Å². The van der Waals surface area contributed by atoms with Gasteiger partial charge in [-0.1, -0.05) is 30.3 Å². The molecule has 1 saturated heterocycles. The summed E-state index contributed by atoms with van der Waals surface area (Å²) < 4.78 is 18.3. The molecule has 2 aromatic carbocycles. The summed E-state index contributed by atoms with van der Waals surface area (Å²) in [5, 5.41) is 2.58. The van der Waals surface area contributed by atoms with Crippen LogP contribution in [0.2, 0.25) is 0 Å². The van der Waals surface area contributed by atoms with Crippen molar-refractivity contribution in [1.29, 1.82) is 0 Å². The summed E-state index contributed by atoms with van der Waals surface area (Å²) in [6.07, 6.45) is 3.29. The number of benzene rings is 2. The van der Waals surface area contributed by atoms with E-state index in [1.165, 1.54) is 37.3 Å². The molecule has 31 heavy (non-hydrogen) atoms. The lowest BCUT2D eigenvalue weighted by molar-refractivity contribution is -0.159. The van der Waals surface area contributed by atoms with Crippen molar-refractivity contribution in [2.45, 2.75) is 25.9 Å². The SMILES string of the molecule is C[C@@H](OC(=O)C1CCN(C(=O)/C=C/c2ccccc2)CC1)C(=O)Nc1ccc(F)cc1. The number of ether oxygens (including phenoxy) is 1. The molecule has 1 N–H and O–H groups in total. The van der Waals surface area contributed by atoms with Gasteiger partial charge in [-0.05, 0) is 55.7 Å². The second-order valence-electron chi connectivity index (χ2n) is 7.42. The summed E-state index contributed by atoms with van der Waals surface area (Å²) in [7, 11) is 0. The van der Waals surface area contributed by atoms with E-state index in [2.05, 4.69) is 5.32 Å². The van der Waals surface area contributed by atoms with Crippen molar-refractivity contribution in [2.75, 3.05) is 18.4 Å². The summed E-state index contributed by atoms with van der Waals surface area (Å²) in [6.45, 7) is 2.39. The van der Waals surface area contributed by atoms with E-state index in [9.17, 15) is 18.8 Å². The van der Waals surface area contributed by atoms with Gasteiger partial charge in [0.05, 0.1) is 5.92 Å². The monoisotopic (exact) mass is 424 g/mol. The van der Waals surface area contributed by atoms with Gasteiger partial charge in [-0.25, -0.2) is 4.39 Å². The lowest BCUT2D eigenvalue weighted by Crippen LogP contribution is -2.41. The molecule has 3 rings (SSSR count). The normalized spacial score (nSPS) is 15.5. The van der Waals surface area contributed by atoms with Crippen molar-refractivity contribution >= 4 is 29.5 Å². The largest absolute Gasteiger partial charge is 0.452 e. The first-order valence-corrected chi connectivity index (χ1v) is 10.2. The van der Waals surface area contributed by atoms with Crippen LogP contribution in [-0.2, 0) is 19.1 Å². The topological polar surface area (TPSA) is 75.7 Å². The Kier molecular flexibility index (Phi) is 7.54. The first-order valence-electron chi connectivity index (χ1n) is 10.2. The standard InChI is InChI=1S/C24H25FN2O4/c1-17(23(29)26-21-10-8-20(25)9-11-21)31-24(30)19-13-15-27(16-14-19)22(28)12-7-18-5-3-2-4-6-18/h2-12,17,19H,13-16H2,1H3,(H,26,29)/b12-7+/t17-/m1/s1. The van der Waals surface area contributed by atoms with E-state index < -0.39 is 23.8 Å². The zero-order chi connectivity index (χ0) is 22.2. The van der Waals surface area contributed by atoms with Crippen molar-refractivity contribution in [3.05, 3.63) is 72.1 Å². The van der Waals surface area contributed by atoms with Crippen molar-refractivity contribution in [3.63, 3.8) is 0 Å². The Hall–Kier alpha value is -3.48. The van der Waals surface area contributed by atoms with Gasteiger partial charge in [-0.15, -0.1) is 0 Å². The molecular weight excluding hydrogens is 399 g/mol. The number of hydrogen-bond donors (Lipinski definition) is 1. The minimum atomic E-state index is -0.981. The van der Waals surface area contributed by atoms with Crippen LogP contribution in [0.25, 0.3) is 6.08 Å². The summed E-state index contributed by atoms with van der Waals surface area (Å²) in [5.41, 5.74) is 1.37. The fraction of sp³-hybridized carbons (Fsp3) is 0.292. The van der Waals surface area contributed by atoms with Crippen LogP contribution < -0.4 is 5.32 Å². The highest BCUT2D eigenvalue weighted by atomic mass is 19.1. The van der Waals surface area contributed by atoms with E-state index >= 15 is 0 Å². The highest BCUT2D eigenvalue weighted by molar-refractivity contribution is 5.95. The second kappa shape index (κ2) is 10.5. The second-order valence-corrected chi connectivity index (χ2v) is 7.42. The minimum absolute atomic E-state index is 0.0947. The Morgan fingerprint density at radius 2 is 1.71 bits per heavy atom. The van der Waals surface area contributed by atoms with Gasteiger partial charge < -0.3 is 15.0 Å². The maximum absolute atomic E-state index is 12.9. The lowest BCUT2D eigenvalue weighted by Gasteiger charge is -2.30. The first-order chi connectivity index (χ1) is 14.9. The molecule has 1 heterocycles. The molecule has 0 spiro atoms. The number of likely N-dealkylation sites (tertiary alicyclic amines) is 1. The molecule has 0 saturated carbocycles. The number of halogens is 1. The van der Waals surface area contributed by atoms with Crippen LogP contribution in [0.15, 0.2) is 60.7 Å². The number of piperidine rings is 1. The summed E-state index contributed by atoms with van der Waals surface area (Å²) in [6, 6.07) is 14.9. The number of anilines is 1. The molecule has 2 aromatic rings. The zero-order valence-electron chi connectivity index (χ0n) is 17.3. The molecule has 2 amide bonds. The molecule has 0 unspecified atom stereocenters. The first kappa shape index (κ1) is 22.2. The van der Waals surface area contributed by atoms with Gasteiger partial charge in [0, 0.05) is 24.9 Å². The van der Waals surface area contributed by atoms with Gasteiger partial charge in [-0.2, -0.15) is 0 Å². The van der Waals surface area contributed by atoms with Gasteiger partial charge in [0.2, 0.25) is 5.91 Å². The van der Waals surface area contributed by atoms with Crippen LogP contribution in [0.1, 0.15) is 25.3 Å². The summed E-state index contributed by atoms with van der Waals surface area (Å²) in [5.74, 6) is -1.80. The predicted molar refractivity (Wildman–Crippen MR) is 115 cm³/mol. The molecule has 1 aliphatic heterocycles. The molecule has 0 bridgehead atoms. The minimum Gasteiger partial charge on any atom is -0.452 e. The molecule has 1 aliphatic rings. The van der Waals surface area contributed by atoms with Crippen LogP contribution in [-0.4, -0.2) is 41.9 Å². The average Bonchev–Trinajstić information content (AvgIpc) is 2.79. The van der Waals surface area contributed by atoms with Gasteiger partial charge >= 0.3 is 5.97 Å². The van der Waals surface area contributed by atoms with E-state index in [0.29, 0.717) is 31.6 Å². The zero-order valence-corrected chi connectivity index (χ0v) is 17.3. The van der Waals surface area contributed by atoms with Crippen molar-refractivity contribution < 1.29 is 23.5 Å². The van der Waals surface area contributed by atoms with Gasteiger partial charge in [0.25, 0.3) is 5.91 Å². The average molecular weight is 424 g/mol. The quantitative estimate of drug-likeness (QED) is 0.567. The number of amides is 2. The van der Waals surface area contributed by atoms with E-state index in [-0.39, 0.29) is 11.8 Å². The highest BCUT2D eigenvalue weighted by Crippen LogP contribution is 2.20. The molecule has 0 aromatic heterocycles. The van der Waals surface area contributed by atoms with Crippen molar-refractivity contribution in [2.24, 2.45) is 5.92 Å². The number of hydrogen-bond acceptors (Lipinski definition) is 4. The maximum Gasteiger partial charge on any atom is 0.309 e. The van der Waals surface area contributed by atoms with E-state index in [4.69, 9.17) is 4.74 Å². The Bertz CT molecular complexity index is 936. The van der Waals surface area contributed by atoms with Gasteiger partial charge in [0.1, 0.15) is 5.82 Å². The van der Waals surface area contributed by atoms with E-state index in [0.717, 1.165) is 5.56 Å². The number of nitrogens with one attached hydrogen (secondary N) is 1. The smallest absolute Gasteiger partial charge is 0.309 e. The Morgan fingerprint density at radius 1 is 1.06 bits per heavy atom.